The van der Waals surface area contributed by atoms with Crippen molar-refractivity contribution < 1.29 is 0 Å². The molecular weight excluding hydrogens is 374 g/mol. The molecule has 0 unspecified atom stereocenters. The molecule has 8 nitrogen and oxygen atoms in total. The van der Waals surface area contributed by atoms with Gasteiger partial charge >= 0.3 is 0 Å². The normalized spacial score (nSPS) is 18.4. The fourth-order valence-corrected chi connectivity index (χ4v) is 4.63. The van der Waals surface area contributed by atoms with Crippen LogP contribution in [0.3, 0.4) is 0 Å². The zero-order valence-corrected chi connectivity index (χ0v) is 16.5. The molecule has 2 aliphatic rings. The summed E-state index contributed by atoms with van der Waals surface area (Å²) in [7, 11) is 0. The molecule has 0 N–H and O–H groups in total. The largest absolute Gasteiger partial charge is 0.347 e. The maximum Gasteiger partial charge on any atom is 0.266 e. The maximum absolute atomic E-state index is 12.2. The van der Waals surface area contributed by atoms with Crippen LogP contribution < -0.4 is 10.5 Å². The Balaban J connectivity index is 1.22. The molecule has 3 aromatic heterocycles. The highest BCUT2D eigenvalue weighted by atomic mass is 32.1. The molecule has 1 saturated heterocycles. The summed E-state index contributed by atoms with van der Waals surface area (Å²) in [6, 6.07) is 5.13. The average Bonchev–Trinajstić information content (AvgIpc) is 3.35. The summed E-state index contributed by atoms with van der Waals surface area (Å²) in [5, 5.41) is 9.74. The van der Waals surface area contributed by atoms with E-state index in [1.54, 1.807) is 27.7 Å². The van der Waals surface area contributed by atoms with Crippen LogP contribution in [0.2, 0.25) is 0 Å². The Morgan fingerprint density at radius 2 is 2.00 bits per heavy atom. The highest BCUT2D eigenvalue weighted by Gasteiger charge is 2.27. The number of hydrogen-bond donors (Lipinski definition) is 0. The predicted octanol–water partition coefficient (Wildman–Crippen LogP) is 2.46. The van der Waals surface area contributed by atoms with E-state index in [2.05, 4.69) is 19.5 Å². The van der Waals surface area contributed by atoms with Gasteiger partial charge in [-0.25, -0.2) is 14.3 Å². The number of anilines is 1. The predicted molar refractivity (Wildman–Crippen MR) is 107 cm³/mol. The molecule has 4 heterocycles. The molecule has 146 valence electrons. The molecule has 0 spiro atoms. The minimum Gasteiger partial charge on any atom is -0.347 e. The first-order valence-corrected chi connectivity index (χ1v) is 10.7. The van der Waals surface area contributed by atoms with Gasteiger partial charge in [-0.1, -0.05) is 6.42 Å². The van der Waals surface area contributed by atoms with Crippen LogP contribution in [0, 0.1) is 5.92 Å². The second-order valence-corrected chi connectivity index (χ2v) is 8.39. The highest BCUT2D eigenvalue weighted by Crippen LogP contribution is 2.36. The summed E-state index contributed by atoms with van der Waals surface area (Å²) < 4.78 is 7.83. The van der Waals surface area contributed by atoms with Gasteiger partial charge in [0, 0.05) is 55.5 Å². The van der Waals surface area contributed by atoms with Crippen molar-refractivity contribution in [1.82, 2.24) is 28.9 Å². The van der Waals surface area contributed by atoms with Gasteiger partial charge in [0.25, 0.3) is 5.56 Å². The summed E-state index contributed by atoms with van der Waals surface area (Å²) in [5.41, 5.74) is -0.0624. The van der Waals surface area contributed by atoms with Crippen LogP contribution in [0.1, 0.15) is 43.8 Å². The standard InChI is InChI=1S/C19H23N7OS/c27-17-6-5-16(25-10-2-9-20-25)22-26(17)13-14-7-11-24(12-8-14)19-21-18(23-28-19)15-3-1-4-15/h2,5-6,9-10,14-15H,1,3-4,7-8,11-13H2. The van der Waals surface area contributed by atoms with Crippen molar-refractivity contribution in [3.8, 4) is 5.82 Å². The van der Waals surface area contributed by atoms with E-state index < -0.39 is 0 Å². The van der Waals surface area contributed by atoms with Gasteiger partial charge in [0.05, 0.1) is 0 Å². The van der Waals surface area contributed by atoms with Gasteiger partial charge in [0.1, 0.15) is 5.82 Å². The zero-order valence-electron chi connectivity index (χ0n) is 15.6. The zero-order chi connectivity index (χ0) is 18.9. The smallest absolute Gasteiger partial charge is 0.266 e. The van der Waals surface area contributed by atoms with Crippen molar-refractivity contribution in [2.24, 2.45) is 5.92 Å². The fraction of sp³-hybridized carbons (Fsp3) is 0.526. The Morgan fingerprint density at radius 1 is 1.14 bits per heavy atom. The molecule has 2 fully saturated rings. The minimum absolute atomic E-state index is 0.0624. The second kappa shape index (κ2) is 7.46. The Kier molecular flexibility index (Phi) is 4.67. The van der Waals surface area contributed by atoms with E-state index in [1.165, 1.54) is 30.8 Å². The molecule has 9 heteroatoms. The van der Waals surface area contributed by atoms with Crippen LogP contribution in [0.15, 0.2) is 35.4 Å². The lowest BCUT2D eigenvalue weighted by molar-refractivity contribution is 0.334. The Hall–Kier alpha value is -2.55. The van der Waals surface area contributed by atoms with Crippen molar-refractivity contribution in [1.29, 1.82) is 0 Å². The lowest BCUT2D eigenvalue weighted by Crippen LogP contribution is -2.37. The third-order valence-electron chi connectivity index (χ3n) is 5.81. The van der Waals surface area contributed by atoms with E-state index in [4.69, 9.17) is 4.98 Å². The Labute approximate surface area is 167 Å². The van der Waals surface area contributed by atoms with Crippen LogP contribution in [-0.4, -0.2) is 42.0 Å². The van der Waals surface area contributed by atoms with E-state index in [0.717, 1.165) is 36.9 Å². The third-order valence-corrected chi connectivity index (χ3v) is 6.60. The SMILES string of the molecule is O=c1ccc(-n2cccn2)nn1CC1CCN(c2nc(C3CCC3)ns2)CC1. The quantitative estimate of drug-likeness (QED) is 0.658. The minimum atomic E-state index is -0.0624. The van der Waals surface area contributed by atoms with Crippen molar-refractivity contribution in [3.63, 3.8) is 0 Å². The molecule has 0 radical (unpaired) electrons. The van der Waals surface area contributed by atoms with Crippen LogP contribution in [0.25, 0.3) is 5.82 Å². The van der Waals surface area contributed by atoms with Gasteiger partial charge in [-0.2, -0.15) is 9.47 Å². The third kappa shape index (κ3) is 3.46. The molecule has 3 aromatic rings. The lowest BCUT2D eigenvalue weighted by Gasteiger charge is -2.31. The monoisotopic (exact) mass is 397 g/mol. The van der Waals surface area contributed by atoms with E-state index in [9.17, 15) is 4.79 Å². The van der Waals surface area contributed by atoms with Crippen molar-refractivity contribution in [2.75, 3.05) is 18.0 Å². The van der Waals surface area contributed by atoms with Crippen molar-refractivity contribution >= 4 is 16.7 Å². The number of hydrogen-bond acceptors (Lipinski definition) is 7. The summed E-state index contributed by atoms with van der Waals surface area (Å²) in [6.07, 6.45) is 9.36. The van der Waals surface area contributed by atoms with Crippen molar-refractivity contribution in [3.05, 3.63) is 46.8 Å². The maximum atomic E-state index is 12.2. The lowest BCUT2D eigenvalue weighted by atomic mass is 9.85. The van der Waals surface area contributed by atoms with Crippen LogP contribution in [-0.2, 0) is 6.54 Å². The number of nitrogens with zero attached hydrogens (tertiary/aromatic N) is 7. The molecule has 28 heavy (non-hydrogen) atoms. The number of rotatable bonds is 5. The van der Waals surface area contributed by atoms with Gasteiger partial charge in [-0.3, -0.25) is 4.79 Å². The highest BCUT2D eigenvalue weighted by molar-refractivity contribution is 7.09. The summed E-state index contributed by atoms with van der Waals surface area (Å²) in [4.78, 5) is 19.4. The first-order chi connectivity index (χ1) is 13.8. The summed E-state index contributed by atoms with van der Waals surface area (Å²) in [5.74, 6) is 2.73. The molecule has 0 bridgehead atoms. The van der Waals surface area contributed by atoms with Gasteiger partial charge in [-0.15, -0.1) is 5.10 Å². The Morgan fingerprint density at radius 3 is 2.71 bits per heavy atom. The van der Waals surface area contributed by atoms with Crippen LogP contribution in [0.5, 0.6) is 0 Å². The number of aromatic nitrogens is 6. The summed E-state index contributed by atoms with van der Waals surface area (Å²) in [6.45, 7) is 2.56. The number of piperidine rings is 1. The molecule has 1 aliphatic carbocycles. The summed E-state index contributed by atoms with van der Waals surface area (Å²) >= 11 is 1.53. The van der Waals surface area contributed by atoms with Gasteiger partial charge in [0.15, 0.2) is 5.82 Å². The topological polar surface area (TPSA) is 81.7 Å². The molecule has 0 aromatic carbocycles. The molecule has 0 atom stereocenters. The first-order valence-electron chi connectivity index (χ1n) is 9.93. The molecule has 1 aliphatic heterocycles. The van der Waals surface area contributed by atoms with Crippen LogP contribution in [0.4, 0.5) is 5.13 Å². The van der Waals surface area contributed by atoms with Crippen molar-refractivity contribution in [2.45, 2.75) is 44.6 Å². The first kappa shape index (κ1) is 17.5. The fourth-order valence-electron chi connectivity index (χ4n) is 3.83. The van der Waals surface area contributed by atoms with E-state index in [-0.39, 0.29) is 5.56 Å². The molecule has 0 amide bonds. The second-order valence-electron chi connectivity index (χ2n) is 7.66. The van der Waals surface area contributed by atoms with Gasteiger partial charge in [-0.05, 0) is 43.7 Å². The molecular formula is C19H23N7OS. The van der Waals surface area contributed by atoms with E-state index in [0.29, 0.717) is 24.2 Å². The Bertz CT molecular complexity index is 984. The van der Waals surface area contributed by atoms with E-state index >= 15 is 0 Å². The van der Waals surface area contributed by atoms with Crippen LogP contribution >= 0.6 is 11.5 Å². The van der Waals surface area contributed by atoms with Gasteiger partial charge < -0.3 is 4.90 Å². The average molecular weight is 398 g/mol. The molecule has 1 saturated carbocycles. The van der Waals surface area contributed by atoms with Gasteiger partial charge in [0.2, 0.25) is 5.13 Å². The molecule has 5 rings (SSSR count). The van der Waals surface area contributed by atoms with E-state index in [1.807, 2.05) is 12.3 Å².